The van der Waals surface area contributed by atoms with E-state index in [9.17, 15) is 18.0 Å². The van der Waals surface area contributed by atoms with Crippen molar-refractivity contribution < 1.29 is 18.0 Å². The summed E-state index contributed by atoms with van der Waals surface area (Å²) in [4.78, 5) is 29.3. The molecule has 2 amide bonds. The summed E-state index contributed by atoms with van der Waals surface area (Å²) in [5.74, 6) is -0.483. The van der Waals surface area contributed by atoms with Crippen LogP contribution >= 0.6 is 0 Å². The maximum atomic E-state index is 14.1. The molecule has 0 aliphatic rings. The molecule has 0 heterocycles. The molecule has 0 aromatic heterocycles. The Labute approximate surface area is 239 Å². The van der Waals surface area contributed by atoms with Gasteiger partial charge in [-0.25, -0.2) is 8.42 Å². The van der Waals surface area contributed by atoms with E-state index in [0.717, 1.165) is 27.3 Å². The molecule has 0 radical (unpaired) electrons. The van der Waals surface area contributed by atoms with Crippen LogP contribution in [-0.2, 0) is 32.6 Å². The van der Waals surface area contributed by atoms with Gasteiger partial charge in [0.1, 0.15) is 12.6 Å². The third-order valence-electron chi connectivity index (χ3n) is 6.49. The molecule has 3 rings (SSSR count). The molecule has 1 atom stereocenters. The van der Waals surface area contributed by atoms with E-state index in [1.807, 2.05) is 93.6 Å². The van der Waals surface area contributed by atoms with Crippen LogP contribution in [0.25, 0.3) is 0 Å². The first-order chi connectivity index (χ1) is 18.7. The fourth-order valence-electron chi connectivity index (χ4n) is 4.43. The van der Waals surface area contributed by atoms with Crippen LogP contribution in [0.5, 0.6) is 0 Å². The van der Waals surface area contributed by atoms with E-state index >= 15 is 0 Å². The molecule has 8 heteroatoms. The minimum atomic E-state index is -3.80. The number of anilines is 1. The number of carbonyl (C=O) groups excluding carboxylic acids is 2. The number of benzene rings is 3. The molecule has 0 aliphatic carbocycles. The Hall–Kier alpha value is -3.65. The van der Waals surface area contributed by atoms with Gasteiger partial charge in [-0.2, -0.15) is 0 Å². The number of rotatable bonds is 11. The predicted octanol–water partition coefficient (Wildman–Crippen LogP) is 5.13. The van der Waals surface area contributed by atoms with Crippen molar-refractivity contribution >= 4 is 27.5 Å². The van der Waals surface area contributed by atoms with Gasteiger partial charge in [0.15, 0.2) is 0 Å². The molecule has 40 heavy (non-hydrogen) atoms. The lowest BCUT2D eigenvalue weighted by molar-refractivity contribution is -0.140. The third kappa shape index (κ3) is 8.95. The molecule has 3 aromatic rings. The standard InChI is InChI=1S/C32H41N3O4S/c1-24(2)27-17-19-28(20-18-27)35(40(6,38)39)23-30(36)34(22-26-15-11-8-12-16-26)29(31(37)33-32(3,4)5)21-25-13-9-7-10-14-25/h7-20,24,29H,21-23H2,1-6H3,(H,33,37). The lowest BCUT2D eigenvalue weighted by Crippen LogP contribution is -2.56. The second kappa shape index (κ2) is 13.1. The molecular formula is C32H41N3O4S. The van der Waals surface area contributed by atoms with Gasteiger partial charge < -0.3 is 10.2 Å². The van der Waals surface area contributed by atoms with Crippen LogP contribution in [0, 0.1) is 0 Å². The van der Waals surface area contributed by atoms with E-state index in [-0.39, 0.29) is 24.8 Å². The van der Waals surface area contributed by atoms with E-state index in [2.05, 4.69) is 19.2 Å². The minimum Gasteiger partial charge on any atom is -0.350 e. The highest BCUT2D eigenvalue weighted by Crippen LogP contribution is 2.23. The Kier molecular flexibility index (Phi) is 10.1. The fraction of sp³-hybridized carbons (Fsp3) is 0.375. The number of hydrogen-bond donors (Lipinski definition) is 1. The highest BCUT2D eigenvalue weighted by atomic mass is 32.2. The Morgan fingerprint density at radius 2 is 1.35 bits per heavy atom. The zero-order valence-electron chi connectivity index (χ0n) is 24.3. The number of carbonyl (C=O) groups is 2. The summed E-state index contributed by atoms with van der Waals surface area (Å²) in [6.07, 6.45) is 1.37. The van der Waals surface area contributed by atoms with E-state index in [1.165, 1.54) is 4.90 Å². The predicted molar refractivity (Wildman–Crippen MR) is 162 cm³/mol. The molecule has 0 saturated carbocycles. The smallest absolute Gasteiger partial charge is 0.244 e. The molecule has 0 aliphatic heterocycles. The summed E-state index contributed by atoms with van der Waals surface area (Å²) in [7, 11) is -3.80. The van der Waals surface area contributed by atoms with Crippen LogP contribution in [0.15, 0.2) is 84.9 Å². The molecule has 0 bridgehead atoms. The molecule has 1 unspecified atom stereocenters. The van der Waals surface area contributed by atoms with Crippen LogP contribution < -0.4 is 9.62 Å². The van der Waals surface area contributed by atoms with Crippen molar-refractivity contribution in [3.63, 3.8) is 0 Å². The summed E-state index contributed by atoms with van der Waals surface area (Å²) in [6.45, 7) is 9.51. The maximum absolute atomic E-state index is 14.1. The van der Waals surface area contributed by atoms with Crippen LogP contribution in [0.1, 0.15) is 57.2 Å². The van der Waals surface area contributed by atoms with E-state index in [4.69, 9.17) is 0 Å². The number of nitrogens with one attached hydrogen (secondary N) is 1. The summed E-state index contributed by atoms with van der Waals surface area (Å²) >= 11 is 0. The van der Waals surface area contributed by atoms with Gasteiger partial charge in [-0.15, -0.1) is 0 Å². The lowest BCUT2D eigenvalue weighted by atomic mass is 10.0. The first-order valence-electron chi connectivity index (χ1n) is 13.5. The molecular weight excluding hydrogens is 522 g/mol. The number of sulfonamides is 1. The van der Waals surface area contributed by atoms with E-state index in [1.54, 1.807) is 12.1 Å². The van der Waals surface area contributed by atoms with Gasteiger partial charge in [0.25, 0.3) is 0 Å². The molecule has 7 nitrogen and oxygen atoms in total. The quantitative estimate of drug-likeness (QED) is 0.350. The van der Waals surface area contributed by atoms with Crippen LogP contribution in [0.2, 0.25) is 0 Å². The van der Waals surface area contributed by atoms with Gasteiger partial charge in [0, 0.05) is 18.5 Å². The second-order valence-electron chi connectivity index (χ2n) is 11.5. The number of nitrogens with zero attached hydrogens (tertiary/aromatic N) is 2. The average Bonchev–Trinajstić information content (AvgIpc) is 2.88. The lowest BCUT2D eigenvalue weighted by Gasteiger charge is -2.35. The van der Waals surface area contributed by atoms with Gasteiger partial charge in [-0.1, -0.05) is 86.6 Å². The summed E-state index contributed by atoms with van der Waals surface area (Å²) in [6, 6.07) is 25.3. The largest absolute Gasteiger partial charge is 0.350 e. The second-order valence-corrected chi connectivity index (χ2v) is 13.4. The van der Waals surface area contributed by atoms with Crippen molar-refractivity contribution in [2.24, 2.45) is 0 Å². The SMILES string of the molecule is CC(C)c1ccc(N(CC(=O)N(Cc2ccccc2)C(Cc2ccccc2)C(=O)NC(C)(C)C)S(C)(=O)=O)cc1. The molecule has 214 valence electrons. The van der Waals surface area contributed by atoms with Gasteiger partial charge in [0.2, 0.25) is 21.8 Å². The molecule has 0 spiro atoms. The fourth-order valence-corrected chi connectivity index (χ4v) is 5.28. The van der Waals surface area contributed by atoms with E-state index < -0.39 is 34.1 Å². The summed E-state index contributed by atoms with van der Waals surface area (Å²) in [5.41, 5.74) is 2.68. The van der Waals surface area contributed by atoms with Gasteiger partial charge >= 0.3 is 0 Å². The average molecular weight is 564 g/mol. The van der Waals surface area contributed by atoms with Crippen molar-refractivity contribution in [2.45, 2.75) is 65.1 Å². The first-order valence-corrected chi connectivity index (χ1v) is 15.4. The Bertz CT molecular complexity index is 1370. The summed E-state index contributed by atoms with van der Waals surface area (Å²) < 4.78 is 27.0. The van der Waals surface area contributed by atoms with Crippen molar-refractivity contribution in [1.29, 1.82) is 0 Å². The van der Waals surface area contributed by atoms with Gasteiger partial charge in [-0.05, 0) is 55.5 Å². The van der Waals surface area contributed by atoms with Crippen LogP contribution in [0.4, 0.5) is 5.69 Å². The van der Waals surface area contributed by atoms with Crippen molar-refractivity contribution in [3.05, 3.63) is 102 Å². The Balaban J connectivity index is 2.04. The van der Waals surface area contributed by atoms with Crippen LogP contribution in [0.3, 0.4) is 0 Å². The molecule has 0 fully saturated rings. The maximum Gasteiger partial charge on any atom is 0.244 e. The zero-order chi connectivity index (χ0) is 29.5. The normalized spacial score (nSPS) is 12.6. The van der Waals surface area contributed by atoms with Crippen LogP contribution in [-0.4, -0.2) is 49.5 Å². The Morgan fingerprint density at radius 1 is 0.825 bits per heavy atom. The first kappa shape index (κ1) is 30.9. The number of amides is 2. The monoisotopic (exact) mass is 563 g/mol. The topological polar surface area (TPSA) is 86.8 Å². The van der Waals surface area contributed by atoms with Gasteiger partial charge in [-0.3, -0.25) is 13.9 Å². The minimum absolute atomic E-state index is 0.151. The van der Waals surface area contributed by atoms with Crippen molar-refractivity contribution in [3.8, 4) is 0 Å². The van der Waals surface area contributed by atoms with Crippen molar-refractivity contribution in [1.82, 2.24) is 10.2 Å². The highest BCUT2D eigenvalue weighted by Gasteiger charge is 2.34. The number of hydrogen-bond acceptors (Lipinski definition) is 4. The van der Waals surface area contributed by atoms with Crippen molar-refractivity contribution in [2.75, 3.05) is 17.1 Å². The zero-order valence-corrected chi connectivity index (χ0v) is 25.1. The summed E-state index contributed by atoms with van der Waals surface area (Å²) in [5, 5.41) is 3.03. The molecule has 0 saturated heterocycles. The molecule has 3 aromatic carbocycles. The van der Waals surface area contributed by atoms with Gasteiger partial charge in [0.05, 0.1) is 11.9 Å². The third-order valence-corrected chi connectivity index (χ3v) is 7.63. The molecule has 1 N–H and O–H groups in total. The van der Waals surface area contributed by atoms with E-state index in [0.29, 0.717) is 5.69 Å². The Morgan fingerprint density at radius 3 is 1.82 bits per heavy atom. The highest BCUT2D eigenvalue weighted by molar-refractivity contribution is 7.92.